The van der Waals surface area contributed by atoms with Crippen LogP contribution in [0.15, 0.2) is 22.7 Å². The lowest BCUT2D eigenvalue weighted by atomic mass is 10.3. The third-order valence-corrected chi connectivity index (χ3v) is 2.69. The zero-order chi connectivity index (χ0) is 12.8. The standard InChI is InChI=1S/C11H15BrN2O3/c1-8(2)13-5-6-17-11-7-9(14(15)16)3-4-10(11)12/h3-4,7-8,13H,5-6H2,1-2H3. The van der Waals surface area contributed by atoms with Crippen LogP contribution in [-0.4, -0.2) is 24.1 Å². The van der Waals surface area contributed by atoms with Gasteiger partial charge >= 0.3 is 0 Å². The number of nitro groups is 1. The second kappa shape index (κ2) is 6.56. The van der Waals surface area contributed by atoms with Gasteiger partial charge in [0, 0.05) is 18.7 Å². The Morgan fingerprint density at radius 3 is 2.82 bits per heavy atom. The van der Waals surface area contributed by atoms with Gasteiger partial charge in [0.05, 0.1) is 15.5 Å². The van der Waals surface area contributed by atoms with E-state index in [2.05, 4.69) is 21.2 Å². The fourth-order valence-corrected chi connectivity index (χ4v) is 1.59. The Morgan fingerprint density at radius 2 is 2.24 bits per heavy atom. The van der Waals surface area contributed by atoms with Gasteiger partial charge in [-0.2, -0.15) is 0 Å². The number of hydrogen-bond acceptors (Lipinski definition) is 4. The van der Waals surface area contributed by atoms with Gasteiger partial charge in [-0.15, -0.1) is 0 Å². The smallest absolute Gasteiger partial charge is 0.273 e. The van der Waals surface area contributed by atoms with E-state index >= 15 is 0 Å². The van der Waals surface area contributed by atoms with Gasteiger partial charge in [0.25, 0.3) is 5.69 Å². The first-order valence-corrected chi connectivity index (χ1v) is 6.10. The van der Waals surface area contributed by atoms with Crippen LogP contribution in [-0.2, 0) is 0 Å². The number of ether oxygens (including phenoxy) is 1. The highest BCUT2D eigenvalue weighted by Gasteiger charge is 2.10. The number of nitrogens with zero attached hydrogens (tertiary/aromatic N) is 1. The van der Waals surface area contributed by atoms with Crippen molar-refractivity contribution >= 4 is 21.6 Å². The molecule has 0 aliphatic rings. The first-order chi connectivity index (χ1) is 8.00. The Morgan fingerprint density at radius 1 is 1.53 bits per heavy atom. The van der Waals surface area contributed by atoms with Crippen molar-refractivity contribution in [1.82, 2.24) is 5.32 Å². The monoisotopic (exact) mass is 302 g/mol. The third-order valence-electron chi connectivity index (χ3n) is 2.04. The fraction of sp³-hybridized carbons (Fsp3) is 0.455. The van der Waals surface area contributed by atoms with Crippen molar-refractivity contribution in [2.45, 2.75) is 19.9 Å². The first kappa shape index (κ1) is 13.9. The number of halogens is 1. The van der Waals surface area contributed by atoms with Crippen LogP contribution in [0.1, 0.15) is 13.8 Å². The maximum Gasteiger partial charge on any atom is 0.273 e. The molecule has 5 nitrogen and oxygen atoms in total. The van der Waals surface area contributed by atoms with E-state index in [0.29, 0.717) is 29.4 Å². The summed E-state index contributed by atoms with van der Waals surface area (Å²) in [5.74, 6) is 0.491. The molecule has 0 saturated carbocycles. The largest absolute Gasteiger partial charge is 0.491 e. The Balaban J connectivity index is 2.57. The van der Waals surface area contributed by atoms with E-state index in [1.807, 2.05) is 13.8 Å². The van der Waals surface area contributed by atoms with Crippen LogP contribution in [0.5, 0.6) is 5.75 Å². The van der Waals surface area contributed by atoms with Crippen LogP contribution < -0.4 is 10.1 Å². The minimum atomic E-state index is -0.439. The zero-order valence-corrected chi connectivity index (χ0v) is 11.4. The SMILES string of the molecule is CC(C)NCCOc1cc([N+](=O)[O-])ccc1Br. The molecular formula is C11H15BrN2O3. The normalized spacial score (nSPS) is 10.6. The van der Waals surface area contributed by atoms with E-state index in [1.54, 1.807) is 6.07 Å². The third kappa shape index (κ3) is 4.70. The van der Waals surface area contributed by atoms with Crippen molar-refractivity contribution in [3.8, 4) is 5.75 Å². The molecule has 0 aromatic heterocycles. The molecule has 0 unspecified atom stereocenters. The Hall–Kier alpha value is -1.14. The predicted octanol–water partition coefficient (Wildman–Crippen LogP) is 2.73. The molecule has 6 heteroatoms. The van der Waals surface area contributed by atoms with E-state index in [-0.39, 0.29) is 5.69 Å². The maximum atomic E-state index is 10.6. The average Bonchev–Trinajstić information content (AvgIpc) is 2.25. The lowest BCUT2D eigenvalue weighted by molar-refractivity contribution is -0.385. The summed E-state index contributed by atoms with van der Waals surface area (Å²) in [5, 5.41) is 13.8. The van der Waals surface area contributed by atoms with Gasteiger partial charge in [0.2, 0.25) is 0 Å². The van der Waals surface area contributed by atoms with Crippen LogP contribution in [0.25, 0.3) is 0 Å². The molecule has 1 aromatic rings. The van der Waals surface area contributed by atoms with Gasteiger partial charge in [-0.3, -0.25) is 10.1 Å². The van der Waals surface area contributed by atoms with Gasteiger partial charge < -0.3 is 10.1 Å². The van der Waals surface area contributed by atoms with E-state index in [0.717, 1.165) is 0 Å². The van der Waals surface area contributed by atoms with E-state index in [1.165, 1.54) is 12.1 Å². The second-order valence-electron chi connectivity index (χ2n) is 3.83. The van der Waals surface area contributed by atoms with Gasteiger partial charge in [0.1, 0.15) is 12.4 Å². The average molecular weight is 303 g/mol. The molecule has 0 bridgehead atoms. The lowest BCUT2D eigenvalue weighted by Gasteiger charge is -2.10. The van der Waals surface area contributed by atoms with Crippen LogP contribution in [0.4, 0.5) is 5.69 Å². The van der Waals surface area contributed by atoms with E-state index in [4.69, 9.17) is 4.74 Å². The zero-order valence-electron chi connectivity index (χ0n) is 9.77. The number of non-ortho nitro benzene ring substituents is 1. The molecule has 0 aliphatic carbocycles. The fourth-order valence-electron chi connectivity index (χ4n) is 1.22. The van der Waals surface area contributed by atoms with Crippen LogP contribution in [0.2, 0.25) is 0 Å². The van der Waals surface area contributed by atoms with Crippen molar-refractivity contribution in [2.24, 2.45) is 0 Å². The number of benzene rings is 1. The highest BCUT2D eigenvalue weighted by molar-refractivity contribution is 9.10. The molecule has 1 aromatic carbocycles. The van der Waals surface area contributed by atoms with Crippen LogP contribution in [0.3, 0.4) is 0 Å². The molecule has 0 spiro atoms. The second-order valence-corrected chi connectivity index (χ2v) is 4.68. The molecule has 0 radical (unpaired) electrons. The molecule has 1 rings (SSSR count). The molecule has 0 aliphatic heterocycles. The number of rotatable bonds is 6. The summed E-state index contributed by atoms with van der Waals surface area (Å²) in [6, 6.07) is 4.86. The van der Waals surface area contributed by atoms with Gasteiger partial charge in [-0.05, 0) is 22.0 Å². The van der Waals surface area contributed by atoms with Crippen molar-refractivity contribution < 1.29 is 9.66 Å². The minimum absolute atomic E-state index is 0.0278. The quantitative estimate of drug-likeness (QED) is 0.498. The number of nitro benzene ring substituents is 1. The van der Waals surface area contributed by atoms with E-state index < -0.39 is 4.92 Å². The topological polar surface area (TPSA) is 64.4 Å². The molecule has 0 fully saturated rings. The molecule has 0 saturated heterocycles. The number of nitrogens with one attached hydrogen (secondary N) is 1. The molecule has 17 heavy (non-hydrogen) atoms. The summed E-state index contributed by atoms with van der Waals surface area (Å²) in [5.41, 5.74) is 0.0278. The minimum Gasteiger partial charge on any atom is -0.491 e. The van der Waals surface area contributed by atoms with Crippen molar-refractivity contribution in [3.05, 3.63) is 32.8 Å². The maximum absolute atomic E-state index is 10.6. The van der Waals surface area contributed by atoms with Crippen LogP contribution in [0, 0.1) is 10.1 Å². The molecule has 94 valence electrons. The Labute approximate surface area is 108 Å². The number of hydrogen-bond donors (Lipinski definition) is 1. The highest BCUT2D eigenvalue weighted by atomic mass is 79.9. The summed E-state index contributed by atoms with van der Waals surface area (Å²) in [7, 11) is 0. The predicted molar refractivity (Wildman–Crippen MR) is 69.4 cm³/mol. The lowest BCUT2D eigenvalue weighted by Crippen LogP contribution is -2.27. The van der Waals surface area contributed by atoms with Gasteiger partial charge in [0.15, 0.2) is 0 Å². The van der Waals surface area contributed by atoms with E-state index in [9.17, 15) is 10.1 Å². The van der Waals surface area contributed by atoms with Gasteiger partial charge in [-0.25, -0.2) is 0 Å². The molecule has 0 atom stereocenters. The van der Waals surface area contributed by atoms with Crippen LogP contribution >= 0.6 is 15.9 Å². The summed E-state index contributed by atoms with van der Waals surface area (Å²) in [6.45, 7) is 5.26. The Kier molecular flexibility index (Phi) is 5.37. The molecular weight excluding hydrogens is 288 g/mol. The summed E-state index contributed by atoms with van der Waals surface area (Å²) in [4.78, 5) is 10.2. The summed E-state index contributed by atoms with van der Waals surface area (Å²) < 4.78 is 6.18. The van der Waals surface area contributed by atoms with Crippen molar-refractivity contribution in [1.29, 1.82) is 0 Å². The summed E-state index contributed by atoms with van der Waals surface area (Å²) >= 11 is 3.29. The molecule has 0 heterocycles. The van der Waals surface area contributed by atoms with Crippen molar-refractivity contribution in [3.63, 3.8) is 0 Å². The highest BCUT2D eigenvalue weighted by Crippen LogP contribution is 2.29. The Bertz CT molecular complexity index is 396. The van der Waals surface area contributed by atoms with Gasteiger partial charge in [-0.1, -0.05) is 13.8 Å². The molecule has 1 N–H and O–H groups in total. The van der Waals surface area contributed by atoms with Crippen molar-refractivity contribution in [2.75, 3.05) is 13.2 Å². The molecule has 0 amide bonds. The summed E-state index contributed by atoms with van der Waals surface area (Å²) in [6.07, 6.45) is 0. The first-order valence-electron chi connectivity index (χ1n) is 5.31.